The SMILES string of the molecule is N#CC1=C2C=CC=C2c2cccnc21. The second-order valence-corrected chi connectivity index (χ2v) is 3.24. The molecule has 64 valence electrons. The molecule has 0 N–H and O–H groups in total. The van der Waals surface area contributed by atoms with E-state index in [1.54, 1.807) is 6.20 Å². The van der Waals surface area contributed by atoms with E-state index in [1.807, 2.05) is 30.4 Å². The summed E-state index contributed by atoms with van der Waals surface area (Å²) in [5, 5.41) is 9.05. The van der Waals surface area contributed by atoms with Crippen LogP contribution in [0.15, 0.2) is 42.1 Å². The van der Waals surface area contributed by atoms with Crippen LogP contribution in [0.25, 0.3) is 11.1 Å². The molecule has 0 amide bonds. The number of nitrogens with zero attached hydrogens (tertiary/aromatic N) is 2. The van der Waals surface area contributed by atoms with Gasteiger partial charge in [0.2, 0.25) is 0 Å². The van der Waals surface area contributed by atoms with Crippen LogP contribution in [-0.2, 0) is 0 Å². The largest absolute Gasteiger partial charge is 0.255 e. The summed E-state index contributed by atoms with van der Waals surface area (Å²) in [7, 11) is 0. The number of hydrogen-bond donors (Lipinski definition) is 0. The molecule has 1 aromatic heterocycles. The number of allylic oxidation sites excluding steroid dienone is 6. The Morgan fingerprint density at radius 1 is 1.36 bits per heavy atom. The van der Waals surface area contributed by atoms with Gasteiger partial charge in [0.25, 0.3) is 0 Å². The topological polar surface area (TPSA) is 36.7 Å². The summed E-state index contributed by atoms with van der Waals surface area (Å²) in [6.45, 7) is 0. The quantitative estimate of drug-likeness (QED) is 0.611. The standard InChI is InChI=1S/C12H6N2/c13-7-11-9-4-1-3-8(9)10-5-2-6-14-12(10)11/h1-6H. The third-order valence-electron chi connectivity index (χ3n) is 2.53. The van der Waals surface area contributed by atoms with Gasteiger partial charge in [0.15, 0.2) is 0 Å². The first-order valence-corrected chi connectivity index (χ1v) is 4.40. The molecule has 0 aromatic carbocycles. The minimum absolute atomic E-state index is 0.695. The van der Waals surface area contributed by atoms with Crippen molar-refractivity contribution in [1.82, 2.24) is 4.98 Å². The summed E-state index contributed by atoms with van der Waals surface area (Å²) < 4.78 is 0. The lowest BCUT2D eigenvalue weighted by Crippen LogP contribution is -1.86. The van der Waals surface area contributed by atoms with Crippen molar-refractivity contribution in [2.24, 2.45) is 0 Å². The summed E-state index contributed by atoms with van der Waals surface area (Å²) in [6, 6.07) is 6.12. The normalized spacial score (nSPS) is 16.4. The summed E-state index contributed by atoms with van der Waals surface area (Å²) in [5.41, 5.74) is 4.73. The van der Waals surface area contributed by atoms with Crippen molar-refractivity contribution in [3.63, 3.8) is 0 Å². The van der Waals surface area contributed by atoms with Gasteiger partial charge in [-0.2, -0.15) is 5.26 Å². The van der Waals surface area contributed by atoms with Crippen molar-refractivity contribution < 1.29 is 0 Å². The van der Waals surface area contributed by atoms with Gasteiger partial charge in [0.05, 0.1) is 11.3 Å². The summed E-state index contributed by atoms with van der Waals surface area (Å²) >= 11 is 0. The Balaban J connectivity index is 2.40. The number of aromatic nitrogens is 1. The fraction of sp³-hybridized carbons (Fsp3) is 0. The molecule has 1 heterocycles. The highest BCUT2D eigenvalue weighted by Gasteiger charge is 2.26. The highest BCUT2D eigenvalue weighted by molar-refractivity contribution is 6.06. The van der Waals surface area contributed by atoms with E-state index in [0.29, 0.717) is 5.57 Å². The van der Waals surface area contributed by atoms with Crippen LogP contribution in [0.2, 0.25) is 0 Å². The lowest BCUT2D eigenvalue weighted by Gasteiger charge is -1.97. The molecule has 0 unspecified atom stereocenters. The van der Waals surface area contributed by atoms with E-state index < -0.39 is 0 Å². The van der Waals surface area contributed by atoms with Crippen LogP contribution in [0.3, 0.4) is 0 Å². The average Bonchev–Trinajstić information content (AvgIpc) is 2.77. The molecule has 0 fully saturated rings. The minimum Gasteiger partial charge on any atom is -0.255 e. The molecular formula is C12H6N2. The lowest BCUT2D eigenvalue weighted by atomic mass is 10.1. The number of fused-ring (bicyclic) bond motifs is 3. The second kappa shape index (κ2) is 2.43. The molecule has 0 saturated carbocycles. The van der Waals surface area contributed by atoms with Gasteiger partial charge in [-0.1, -0.05) is 24.3 Å². The predicted molar refractivity (Wildman–Crippen MR) is 53.9 cm³/mol. The molecule has 0 spiro atoms. The van der Waals surface area contributed by atoms with Crippen molar-refractivity contribution in [2.45, 2.75) is 0 Å². The Bertz CT molecular complexity index is 554. The molecule has 0 atom stereocenters. The predicted octanol–water partition coefficient (Wildman–Crippen LogP) is 2.33. The van der Waals surface area contributed by atoms with Crippen LogP contribution in [0, 0.1) is 11.3 Å². The van der Waals surface area contributed by atoms with Gasteiger partial charge < -0.3 is 0 Å². The summed E-state index contributed by atoms with van der Waals surface area (Å²) in [4.78, 5) is 4.24. The van der Waals surface area contributed by atoms with Gasteiger partial charge in [-0.3, -0.25) is 4.98 Å². The van der Waals surface area contributed by atoms with E-state index in [-0.39, 0.29) is 0 Å². The maximum Gasteiger partial charge on any atom is 0.102 e. The zero-order chi connectivity index (χ0) is 9.54. The average molecular weight is 178 g/mol. The van der Waals surface area contributed by atoms with Crippen LogP contribution in [0.5, 0.6) is 0 Å². The summed E-state index contributed by atoms with van der Waals surface area (Å²) in [5.74, 6) is 0. The van der Waals surface area contributed by atoms with E-state index in [9.17, 15) is 0 Å². The van der Waals surface area contributed by atoms with Crippen molar-refractivity contribution in [1.29, 1.82) is 5.26 Å². The van der Waals surface area contributed by atoms with E-state index in [0.717, 1.165) is 22.4 Å². The fourth-order valence-electron chi connectivity index (χ4n) is 1.94. The Hall–Kier alpha value is -2.14. The van der Waals surface area contributed by atoms with Gasteiger partial charge in [-0.15, -0.1) is 0 Å². The van der Waals surface area contributed by atoms with Crippen molar-refractivity contribution in [3.05, 3.63) is 53.4 Å². The Labute approximate surface area is 81.5 Å². The van der Waals surface area contributed by atoms with Crippen LogP contribution >= 0.6 is 0 Å². The Kier molecular flexibility index (Phi) is 1.26. The van der Waals surface area contributed by atoms with Gasteiger partial charge in [0.1, 0.15) is 6.07 Å². The maximum absolute atomic E-state index is 9.05. The van der Waals surface area contributed by atoms with E-state index >= 15 is 0 Å². The molecule has 1 aromatic rings. The molecule has 14 heavy (non-hydrogen) atoms. The summed E-state index contributed by atoms with van der Waals surface area (Å²) in [6.07, 6.45) is 7.69. The monoisotopic (exact) mass is 178 g/mol. The highest BCUT2D eigenvalue weighted by Crippen LogP contribution is 2.42. The minimum atomic E-state index is 0.695. The van der Waals surface area contributed by atoms with E-state index in [2.05, 4.69) is 11.1 Å². The number of hydrogen-bond acceptors (Lipinski definition) is 2. The maximum atomic E-state index is 9.05. The van der Waals surface area contributed by atoms with Crippen molar-refractivity contribution >= 4 is 11.1 Å². The van der Waals surface area contributed by atoms with Crippen LogP contribution in [0.4, 0.5) is 0 Å². The molecule has 0 bridgehead atoms. The number of pyridine rings is 1. The third-order valence-corrected chi connectivity index (χ3v) is 2.53. The smallest absolute Gasteiger partial charge is 0.102 e. The molecule has 2 aliphatic carbocycles. The van der Waals surface area contributed by atoms with Gasteiger partial charge in [-0.05, 0) is 11.6 Å². The highest BCUT2D eigenvalue weighted by atomic mass is 14.7. The molecule has 0 saturated heterocycles. The van der Waals surface area contributed by atoms with Gasteiger partial charge >= 0.3 is 0 Å². The number of rotatable bonds is 0. The molecule has 3 rings (SSSR count). The lowest BCUT2D eigenvalue weighted by molar-refractivity contribution is 1.27. The molecule has 2 nitrogen and oxygen atoms in total. The molecule has 2 heteroatoms. The van der Waals surface area contributed by atoms with Crippen LogP contribution in [0.1, 0.15) is 11.3 Å². The second-order valence-electron chi connectivity index (χ2n) is 3.24. The first kappa shape index (κ1) is 7.28. The first-order chi connectivity index (χ1) is 6.92. The van der Waals surface area contributed by atoms with Gasteiger partial charge in [0, 0.05) is 17.3 Å². The molecule has 2 aliphatic rings. The van der Waals surface area contributed by atoms with Crippen molar-refractivity contribution in [2.75, 3.05) is 0 Å². The molecule has 0 radical (unpaired) electrons. The first-order valence-electron chi connectivity index (χ1n) is 4.40. The van der Waals surface area contributed by atoms with Crippen LogP contribution < -0.4 is 0 Å². The van der Waals surface area contributed by atoms with E-state index in [1.165, 1.54) is 0 Å². The van der Waals surface area contributed by atoms with Crippen molar-refractivity contribution in [3.8, 4) is 6.07 Å². The van der Waals surface area contributed by atoms with Crippen LogP contribution in [-0.4, -0.2) is 4.98 Å². The number of nitriles is 1. The van der Waals surface area contributed by atoms with E-state index in [4.69, 9.17) is 5.26 Å². The van der Waals surface area contributed by atoms with Gasteiger partial charge in [-0.25, -0.2) is 0 Å². The Morgan fingerprint density at radius 2 is 2.29 bits per heavy atom. The zero-order valence-electron chi connectivity index (χ0n) is 7.36. The molecular weight excluding hydrogens is 172 g/mol. The molecule has 0 aliphatic heterocycles. The fourth-order valence-corrected chi connectivity index (χ4v) is 1.94. The Morgan fingerprint density at radius 3 is 3.14 bits per heavy atom. The third kappa shape index (κ3) is 0.717. The zero-order valence-corrected chi connectivity index (χ0v) is 7.36.